The molecule has 2 aliphatic rings. The zero-order chi connectivity index (χ0) is 15.4. The maximum Gasteiger partial charge on any atom is 0.0805 e. The molecule has 0 spiro atoms. The van der Waals surface area contributed by atoms with Gasteiger partial charge in [-0.1, -0.05) is 37.3 Å². The van der Waals surface area contributed by atoms with Crippen LogP contribution in [0, 0.1) is 5.41 Å². The van der Waals surface area contributed by atoms with E-state index in [2.05, 4.69) is 17.1 Å². The molecule has 2 heterocycles. The lowest BCUT2D eigenvalue weighted by Gasteiger charge is -2.41. The highest BCUT2D eigenvalue weighted by Crippen LogP contribution is 2.29. The molecule has 3 unspecified atom stereocenters. The predicted octanol–water partition coefficient (Wildman–Crippen LogP) is 2.23. The van der Waals surface area contributed by atoms with Crippen molar-refractivity contribution in [3.8, 4) is 0 Å². The molecular weight excluding hydrogens is 312 g/mol. The number of benzene rings is 1. The van der Waals surface area contributed by atoms with E-state index >= 15 is 0 Å². The van der Waals surface area contributed by atoms with Crippen LogP contribution in [0.25, 0.3) is 0 Å². The highest BCUT2D eigenvalue weighted by molar-refractivity contribution is 5.85. The van der Waals surface area contributed by atoms with Gasteiger partial charge in [0.15, 0.2) is 0 Å². The summed E-state index contributed by atoms with van der Waals surface area (Å²) in [5.74, 6) is 0. The Balaban J connectivity index is 0.00000192. The van der Waals surface area contributed by atoms with Crippen LogP contribution in [0.2, 0.25) is 0 Å². The van der Waals surface area contributed by atoms with Gasteiger partial charge in [-0.2, -0.15) is 0 Å². The maximum absolute atomic E-state index is 10.5. The molecule has 1 aromatic carbocycles. The Hall–Kier alpha value is -0.650. The molecule has 0 radical (unpaired) electrons. The molecule has 23 heavy (non-hydrogen) atoms. The number of aliphatic hydroxyl groups is 1. The number of hydrogen-bond acceptors (Lipinski definition) is 4. The number of rotatable bonds is 5. The fourth-order valence-corrected chi connectivity index (χ4v) is 3.68. The summed E-state index contributed by atoms with van der Waals surface area (Å²) < 4.78 is 5.68. The van der Waals surface area contributed by atoms with Crippen LogP contribution < -0.4 is 5.32 Å². The van der Waals surface area contributed by atoms with Gasteiger partial charge in [0.2, 0.25) is 0 Å². The second-order valence-corrected chi connectivity index (χ2v) is 7.10. The standard InChI is InChI=1S/C18H28N2O2.ClH/c1-18(7-8-19-13-18)14-20-9-10-22-12-16(20)11-17(21)15-5-3-2-4-6-15;/h2-6,16-17,19,21H,7-14H2,1H3;1H. The Kier molecular flexibility index (Phi) is 6.86. The molecule has 2 aliphatic heterocycles. The first kappa shape index (κ1) is 18.7. The number of hydrogen-bond donors (Lipinski definition) is 2. The first-order valence-corrected chi connectivity index (χ1v) is 8.42. The summed E-state index contributed by atoms with van der Waals surface area (Å²) in [6.07, 6.45) is 1.57. The average Bonchev–Trinajstić information content (AvgIpc) is 2.96. The molecule has 0 amide bonds. The number of morpholine rings is 1. The van der Waals surface area contributed by atoms with E-state index in [1.54, 1.807) is 0 Å². The second kappa shape index (κ2) is 8.45. The van der Waals surface area contributed by atoms with Crippen molar-refractivity contribution >= 4 is 12.4 Å². The summed E-state index contributed by atoms with van der Waals surface area (Å²) >= 11 is 0. The van der Waals surface area contributed by atoms with Crippen LogP contribution in [0.5, 0.6) is 0 Å². The van der Waals surface area contributed by atoms with Gasteiger partial charge in [0.05, 0.1) is 19.3 Å². The Labute approximate surface area is 145 Å². The van der Waals surface area contributed by atoms with E-state index in [0.717, 1.165) is 51.4 Å². The molecule has 5 heteroatoms. The van der Waals surface area contributed by atoms with Gasteiger partial charge in [0.1, 0.15) is 0 Å². The average molecular weight is 341 g/mol. The van der Waals surface area contributed by atoms with E-state index in [9.17, 15) is 5.11 Å². The summed E-state index contributed by atoms with van der Waals surface area (Å²) in [6, 6.07) is 10.3. The molecule has 0 aromatic heterocycles. The van der Waals surface area contributed by atoms with E-state index in [1.807, 2.05) is 30.3 Å². The minimum Gasteiger partial charge on any atom is -0.388 e. The minimum atomic E-state index is -0.412. The van der Waals surface area contributed by atoms with Crippen molar-refractivity contribution in [2.75, 3.05) is 39.4 Å². The van der Waals surface area contributed by atoms with Crippen LogP contribution in [0.4, 0.5) is 0 Å². The van der Waals surface area contributed by atoms with E-state index in [4.69, 9.17) is 4.74 Å². The lowest BCUT2D eigenvalue weighted by molar-refractivity contribution is -0.0393. The molecule has 1 aromatic rings. The fraction of sp³-hybridized carbons (Fsp3) is 0.667. The summed E-state index contributed by atoms with van der Waals surface area (Å²) in [5, 5.41) is 14.0. The molecule has 3 atom stereocenters. The monoisotopic (exact) mass is 340 g/mol. The number of ether oxygens (including phenoxy) is 1. The van der Waals surface area contributed by atoms with Gasteiger partial charge in [0.25, 0.3) is 0 Å². The molecule has 2 saturated heterocycles. The van der Waals surface area contributed by atoms with Crippen molar-refractivity contribution in [1.29, 1.82) is 0 Å². The van der Waals surface area contributed by atoms with Crippen LogP contribution in [-0.4, -0.2) is 55.4 Å². The molecule has 4 nitrogen and oxygen atoms in total. The van der Waals surface area contributed by atoms with Crippen LogP contribution in [0.3, 0.4) is 0 Å². The zero-order valence-corrected chi connectivity index (χ0v) is 14.7. The fourth-order valence-electron chi connectivity index (χ4n) is 3.68. The minimum absolute atomic E-state index is 0. The smallest absolute Gasteiger partial charge is 0.0805 e. The normalized spacial score (nSPS) is 29.9. The third-order valence-electron chi connectivity index (χ3n) is 5.07. The first-order chi connectivity index (χ1) is 10.7. The molecule has 0 bridgehead atoms. The van der Waals surface area contributed by atoms with Crippen molar-refractivity contribution in [2.24, 2.45) is 5.41 Å². The summed E-state index contributed by atoms with van der Waals surface area (Å²) in [5.41, 5.74) is 1.36. The number of aliphatic hydroxyl groups excluding tert-OH is 1. The van der Waals surface area contributed by atoms with Gasteiger partial charge in [-0.25, -0.2) is 0 Å². The maximum atomic E-state index is 10.5. The van der Waals surface area contributed by atoms with Gasteiger partial charge in [-0.3, -0.25) is 4.90 Å². The molecule has 0 saturated carbocycles. The second-order valence-electron chi connectivity index (χ2n) is 7.10. The highest BCUT2D eigenvalue weighted by Gasteiger charge is 2.35. The zero-order valence-electron chi connectivity index (χ0n) is 13.9. The van der Waals surface area contributed by atoms with Crippen molar-refractivity contribution in [2.45, 2.75) is 31.9 Å². The van der Waals surface area contributed by atoms with Crippen LogP contribution >= 0.6 is 12.4 Å². The lowest BCUT2D eigenvalue weighted by atomic mass is 9.88. The van der Waals surface area contributed by atoms with Crippen LogP contribution in [-0.2, 0) is 4.74 Å². The van der Waals surface area contributed by atoms with E-state index in [1.165, 1.54) is 6.42 Å². The van der Waals surface area contributed by atoms with E-state index in [0.29, 0.717) is 11.5 Å². The third-order valence-corrected chi connectivity index (χ3v) is 5.07. The van der Waals surface area contributed by atoms with Crippen molar-refractivity contribution in [3.05, 3.63) is 35.9 Å². The predicted molar refractivity (Wildman–Crippen MR) is 95.0 cm³/mol. The van der Waals surface area contributed by atoms with Crippen molar-refractivity contribution < 1.29 is 9.84 Å². The molecule has 130 valence electrons. The number of nitrogens with one attached hydrogen (secondary N) is 1. The number of halogens is 1. The lowest BCUT2D eigenvalue weighted by Crippen LogP contribution is -2.50. The molecular formula is C18H29ClN2O2. The molecule has 2 N–H and O–H groups in total. The summed E-state index contributed by atoms with van der Waals surface area (Å²) in [6.45, 7) is 8.19. The quantitative estimate of drug-likeness (QED) is 0.862. The van der Waals surface area contributed by atoms with Gasteiger partial charge in [-0.05, 0) is 30.4 Å². The van der Waals surface area contributed by atoms with Gasteiger partial charge < -0.3 is 15.2 Å². The molecule has 3 rings (SSSR count). The summed E-state index contributed by atoms with van der Waals surface area (Å²) in [7, 11) is 0. The van der Waals surface area contributed by atoms with Gasteiger partial charge in [0, 0.05) is 25.7 Å². The Morgan fingerprint density at radius 1 is 1.39 bits per heavy atom. The molecule has 2 fully saturated rings. The Morgan fingerprint density at radius 2 is 2.17 bits per heavy atom. The van der Waals surface area contributed by atoms with Gasteiger partial charge >= 0.3 is 0 Å². The molecule has 0 aliphatic carbocycles. The highest BCUT2D eigenvalue weighted by atomic mass is 35.5. The van der Waals surface area contributed by atoms with Gasteiger partial charge in [-0.15, -0.1) is 12.4 Å². The Morgan fingerprint density at radius 3 is 2.87 bits per heavy atom. The number of nitrogens with zero attached hydrogens (tertiary/aromatic N) is 1. The van der Waals surface area contributed by atoms with Crippen molar-refractivity contribution in [3.63, 3.8) is 0 Å². The Bertz CT molecular complexity index is 465. The first-order valence-electron chi connectivity index (χ1n) is 8.42. The van der Waals surface area contributed by atoms with E-state index < -0.39 is 6.10 Å². The SMILES string of the molecule is CC1(CN2CCOCC2CC(O)c2ccccc2)CCNC1.Cl. The van der Waals surface area contributed by atoms with Crippen LogP contribution in [0.15, 0.2) is 30.3 Å². The topological polar surface area (TPSA) is 44.7 Å². The van der Waals surface area contributed by atoms with Crippen molar-refractivity contribution in [1.82, 2.24) is 10.2 Å². The summed E-state index contributed by atoms with van der Waals surface area (Å²) in [4.78, 5) is 2.53. The largest absolute Gasteiger partial charge is 0.388 e. The van der Waals surface area contributed by atoms with Crippen LogP contribution in [0.1, 0.15) is 31.4 Å². The van der Waals surface area contributed by atoms with E-state index in [-0.39, 0.29) is 12.4 Å². The third kappa shape index (κ3) is 4.91.